The monoisotopic (exact) mass is 286 g/mol. The summed E-state index contributed by atoms with van der Waals surface area (Å²) in [6.07, 6.45) is 3.81. The van der Waals surface area contributed by atoms with Crippen molar-refractivity contribution in [2.24, 2.45) is 11.3 Å². The smallest absolute Gasteiger partial charge is 0.227 e. The van der Waals surface area contributed by atoms with Gasteiger partial charge in [-0.2, -0.15) is 0 Å². The minimum Gasteiger partial charge on any atom is -0.353 e. The second-order valence-corrected chi connectivity index (χ2v) is 6.63. The van der Waals surface area contributed by atoms with Crippen LogP contribution in [0.25, 0.3) is 0 Å². The standard InChI is InChI=1S/C14H23ClN2O2/c1-14(2,9-15)13(19)16-11-5-7-17(8-6-11)12(18)10-3-4-10/h10-11H,3-9H2,1-2H3,(H,16,19). The molecule has 1 aliphatic carbocycles. The van der Waals surface area contributed by atoms with Crippen LogP contribution in [0.3, 0.4) is 0 Å². The Labute approximate surface area is 119 Å². The summed E-state index contributed by atoms with van der Waals surface area (Å²) >= 11 is 5.80. The van der Waals surface area contributed by atoms with Crippen molar-refractivity contribution in [1.29, 1.82) is 0 Å². The second-order valence-electron chi connectivity index (χ2n) is 6.36. The molecule has 0 atom stereocenters. The highest BCUT2D eigenvalue weighted by Gasteiger charge is 2.35. The number of amides is 2. The molecule has 2 fully saturated rings. The van der Waals surface area contributed by atoms with Gasteiger partial charge in [0.05, 0.1) is 5.41 Å². The van der Waals surface area contributed by atoms with Crippen LogP contribution in [-0.4, -0.2) is 41.7 Å². The first kappa shape index (κ1) is 14.6. The topological polar surface area (TPSA) is 49.4 Å². The summed E-state index contributed by atoms with van der Waals surface area (Å²) in [5.41, 5.74) is -0.525. The molecule has 0 radical (unpaired) electrons. The van der Waals surface area contributed by atoms with E-state index in [2.05, 4.69) is 5.32 Å². The molecule has 1 saturated heterocycles. The Morgan fingerprint density at radius 3 is 2.26 bits per heavy atom. The molecule has 19 heavy (non-hydrogen) atoms. The Morgan fingerprint density at radius 1 is 1.21 bits per heavy atom. The van der Waals surface area contributed by atoms with Crippen LogP contribution in [0.2, 0.25) is 0 Å². The fourth-order valence-corrected chi connectivity index (χ4v) is 2.40. The predicted octanol–water partition coefficient (Wildman–Crippen LogP) is 1.77. The van der Waals surface area contributed by atoms with E-state index in [9.17, 15) is 9.59 Å². The summed E-state index contributed by atoms with van der Waals surface area (Å²) in [7, 11) is 0. The van der Waals surface area contributed by atoms with E-state index in [1.165, 1.54) is 0 Å². The van der Waals surface area contributed by atoms with Gasteiger partial charge in [-0.05, 0) is 39.5 Å². The maximum Gasteiger partial charge on any atom is 0.227 e. The lowest BCUT2D eigenvalue weighted by Crippen LogP contribution is -2.50. The molecule has 0 aromatic carbocycles. The van der Waals surface area contributed by atoms with Crippen LogP contribution in [0.5, 0.6) is 0 Å². The van der Waals surface area contributed by atoms with Gasteiger partial charge in [0.1, 0.15) is 0 Å². The Balaban J connectivity index is 1.77. The molecule has 1 N–H and O–H groups in total. The third-order valence-electron chi connectivity index (χ3n) is 4.02. The first-order valence-corrected chi connectivity index (χ1v) is 7.63. The highest BCUT2D eigenvalue weighted by molar-refractivity contribution is 6.19. The maximum atomic E-state index is 12.0. The number of nitrogens with zero attached hydrogens (tertiary/aromatic N) is 1. The molecule has 4 nitrogen and oxygen atoms in total. The van der Waals surface area contributed by atoms with Gasteiger partial charge in [0.15, 0.2) is 0 Å². The molecule has 2 amide bonds. The molecule has 5 heteroatoms. The normalized spacial score (nSPS) is 21.3. The fraction of sp³-hybridized carbons (Fsp3) is 0.857. The summed E-state index contributed by atoms with van der Waals surface area (Å²) in [6.45, 7) is 5.23. The predicted molar refractivity (Wildman–Crippen MR) is 75.0 cm³/mol. The van der Waals surface area contributed by atoms with Crippen molar-refractivity contribution in [1.82, 2.24) is 10.2 Å². The minimum absolute atomic E-state index is 0.00877. The molecule has 0 unspecified atom stereocenters. The Morgan fingerprint density at radius 2 is 1.79 bits per heavy atom. The number of halogens is 1. The van der Waals surface area contributed by atoms with Crippen molar-refractivity contribution in [3.8, 4) is 0 Å². The van der Waals surface area contributed by atoms with Crippen molar-refractivity contribution < 1.29 is 9.59 Å². The number of hydrogen-bond acceptors (Lipinski definition) is 2. The van der Waals surface area contributed by atoms with Crippen LogP contribution >= 0.6 is 11.6 Å². The third-order valence-corrected chi connectivity index (χ3v) is 4.69. The molecule has 1 saturated carbocycles. The van der Waals surface area contributed by atoms with Gasteiger partial charge in [-0.15, -0.1) is 11.6 Å². The van der Waals surface area contributed by atoms with Crippen molar-refractivity contribution in [3.63, 3.8) is 0 Å². The van der Waals surface area contributed by atoms with Crippen LogP contribution < -0.4 is 5.32 Å². The molecular weight excluding hydrogens is 264 g/mol. The zero-order chi connectivity index (χ0) is 14.0. The van der Waals surface area contributed by atoms with Gasteiger partial charge in [-0.25, -0.2) is 0 Å². The molecular formula is C14H23ClN2O2. The average molecular weight is 287 g/mol. The molecule has 1 aliphatic heterocycles. The Bertz CT molecular complexity index is 358. The van der Waals surface area contributed by atoms with E-state index < -0.39 is 5.41 Å². The molecule has 0 aromatic heterocycles. The SMILES string of the molecule is CC(C)(CCl)C(=O)NC1CCN(C(=O)C2CC2)CC1. The van der Waals surface area contributed by atoms with Crippen LogP contribution in [0.15, 0.2) is 0 Å². The zero-order valence-electron chi connectivity index (χ0n) is 11.7. The molecule has 108 valence electrons. The van der Waals surface area contributed by atoms with Gasteiger partial charge in [-0.1, -0.05) is 0 Å². The van der Waals surface area contributed by atoms with Crippen LogP contribution in [0, 0.1) is 11.3 Å². The van der Waals surface area contributed by atoms with E-state index in [0.29, 0.717) is 17.7 Å². The van der Waals surface area contributed by atoms with E-state index in [1.54, 1.807) is 0 Å². The van der Waals surface area contributed by atoms with Crippen molar-refractivity contribution in [2.45, 2.75) is 45.6 Å². The number of likely N-dealkylation sites (tertiary alicyclic amines) is 1. The van der Waals surface area contributed by atoms with Crippen LogP contribution in [0.1, 0.15) is 39.5 Å². The first-order valence-electron chi connectivity index (χ1n) is 7.10. The number of alkyl halides is 1. The third kappa shape index (κ3) is 3.62. The summed E-state index contributed by atoms with van der Waals surface area (Å²) < 4.78 is 0. The quantitative estimate of drug-likeness (QED) is 0.801. The number of nitrogens with one attached hydrogen (secondary N) is 1. The molecule has 2 rings (SSSR count). The number of piperidine rings is 1. The Kier molecular flexibility index (Phi) is 4.39. The summed E-state index contributed by atoms with van der Waals surface area (Å²) in [5, 5.41) is 3.05. The average Bonchev–Trinajstić information content (AvgIpc) is 3.23. The van der Waals surface area contributed by atoms with Gasteiger partial charge in [-0.3, -0.25) is 9.59 Å². The zero-order valence-corrected chi connectivity index (χ0v) is 12.5. The van der Waals surface area contributed by atoms with E-state index in [1.807, 2.05) is 18.7 Å². The van der Waals surface area contributed by atoms with E-state index in [0.717, 1.165) is 38.8 Å². The van der Waals surface area contributed by atoms with Gasteiger partial charge >= 0.3 is 0 Å². The summed E-state index contributed by atoms with van der Waals surface area (Å²) in [5.74, 6) is 0.930. The molecule has 0 bridgehead atoms. The van der Waals surface area contributed by atoms with Gasteiger partial charge in [0.2, 0.25) is 11.8 Å². The van der Waals surface area contributed by atoms with Gasteiger partial charge in [0.25, 0.3) is 0 Å². The lowest BCUT2D eigenvalue weighted by atomic mass is 9.93. The van der Waals surface area contributed by atoms with Crippen molar-refractivity contribution >= 4 is 23.4 Å². The molecule has 1 heterocycles. The summed E-state index contributed by atoms with van der Waals surface area (Å²) in [4.78, 5) is 25.9. The number of rotatable bonds is 4. The van der Waals surface area contributed by atoms with Gasteiger partial charge in [0, 0.05) is 30.9 Å². The van der Waals surface area contributed by atoms with E-state index >= 15 is 0 Å². The highest BCUT2D eigenvalue weighted by atomic mass is 35.5. The number of carbonyl (C=O) groups excluding carboxylic acids is 2. The van der Waals surface area contributed by atoms with Gasteiger partial charge < -0.3 is 10.2 Å². The second kappa shape index (κ2) is 5.70. The largest absolute Gasteiger partial charge is 0.353 e. The molecule has 2 aliphatic rings. The van der Waals surface area contributed by atoms with Crippen LogP contribution in [0.4, 0.5) is 0 Å². The molecule has 0 spiro atoms. The minimum atomic E-state index is -0.525. The number of hydrogen-bond donors (Lipinski definition) is 1. The van der Waals surface area contributed by atoms with Crippen LogP contribution in [-0.2, 0) is 9.59 Å². The van der Waals surface area contributed by atoms with E-state index in [-0.39, 0.29) is 11.9 Å². The lowest BCUT2D eigenvalue weighted by Gasteiger charge is -2.34. The first-order chi connectivity index (χ1) is 8.94. The summed E-state index contributed by atoms with van der Waals surface area (Å²) in [6, 6.07) is 0.179. The highest BCUT2D eigenvalue weighted by Crippen LogP contribution is 2.32. The maximum absolute atomic E-state index is 12.0. The number of carbonyl (C=O) groups is 2. The molecule has 0 aromatic rings. The van der Waals surface area contributed by atoms with Crippen molar-refractivity contribution in [2.75, 3.05) is 19.0 Å². The lowest BCUT2D eigenvalue weighted by molar-refractivity contribution is -0.134. The Hall–Kier alpha value is -0.770. The van der Waals surface area contributed by atoms with Crippen molar-refractivity contribution in [3.05, 3.63) is 0 Å². The van der Waals surface area contributed by atoms with E-state index in [4.69, 9.17) is 11.6 Å². The fourth-order valence-electron chi connectivity index (χ4n) is 2.27.